The number of hydrogen-bond acceptors (Lipinski definition) is 4. The van der Waals surface area contributed by atoms with E-state index in [9.17, 15) is 4.79 Å². The largest absolute Gasteiger partial charge is 0.486 e. The van der Waals surface area contributed by atoms with Gasteiger partial charge in [-0.05, 0) is 24.3 Å². The van der Waals surface area contributed by atoms with Gasteiger partial charge in [-0.2, -0.15) is 0 Å². The molecule has 2 aromatic carbocycles. The predicted octanol–water partition coefficient (Wildman–Crippen LogP) is 4.76. The second-order valence-corrected chi connectivity index (χ2v) is 6.07. The Kier molecular flexibility index (Phi) is 3.75. The van der Waals surface area contributed by atoms with Crippen LogP contribution in [0.5, 0.6) is 11.5 Å². The molecule has 1 aromatic heterocycles. The molecule has 0 spiro atoms. The van der Waals surface area contributed by atoms with E-state index >= 15 is 0 Å². The number of amides is 1. The number of ether oxygens (including phenoxy) is 2. The van der Waals surface area contributed by atoms with E-state index in [0.29, 0.717) is 46.0 Å². The van der Waals surface area contributed by atoms with Gasteiger partial charge in [0.1, 0.15) is 18.8 Å². The second kappa shape index (κ2) is 5.92. The van der Waals surface area contributed by atoms with Crippen molar-refractivity contribution in [2.45, 2.75) is 0 Å². The normalized spacial score (nSPS) is 13.1. The number of furan rings is 1. The van der Waals surface area contributed by atoms with E-state index in [0.717, 1.165) is 5.39 Å². The van der Waals surface area contributed by atoms with Gasteiger partial charge in [0.2, 0.25) is 0 Å². The van der Waals surface area contributed by atoms with Crippen molar-refractivity contribution >= 4 is 45.8 Å². The first kappa shape index (κ1) is 15.2. The molecule has 0 atom stereocenters. The van der Waals surface area contributed by atoms with E-state index in [1.54, 1.807) is 36.4 Å². The van der Waals surface area contributed by atoms with Crippen LogP contribution in [0.25, 0.3) is 11.0 Å². The number of carbonyl (C=O) groups excluding carboxylic acids is 1. The number of halogens is 2. The fourth-order valence-corrected chi connectivity index (χ4v) is 2.85. The van der Waals surface area contributed by atoms with Crippen LogP contribution in [0.3, 0.4) is 0 Å². The minimum atomic E-state index is -0.416. The third-order valence-corrected chi connectivity index (χ3v) is 4.13. The molecule has 0 bridgehead atoms. The second-order valence-electron chi connectivity index (χ2n) is 5.22. The number of anilines is 1. The van der Waals surface area contributed by atoms with Crippen LogP contribution < -0.4 is 14.8 Å². The van der Waals surface area contributed by atoms with Gasteiger partial charge in [0.05, 0.1) is 10.7 Å². The number of benzene rings is 2. The van der Waals surface area contributed by atoms with Crippen LogP contribution in [0.2, 0.25) is 10.0 Å². The Morgan fingerprint density at radius 2 is 1.75 bits per heavy atom. The third kappa shape index (κ3) is 2.77. The maximum absolute atomic E-state index is 12.4. The highest BCUT2D eigenvalue weighted by molar-refractivity contribution is 6.34. The molecular formula is C17H11Cl2NO4. The first-order valence-electron chi connectivity index (χ1n) is 7.20. The van der Waals surface area contributed by atoms with Gasteiger partial charge >= 0.3 is 0 Å². The minimum Gasteiger partial charge on any atom is -0.486 e. The predicted molar refractivity (Wildman–Crippen MR) is 91.6 cm³/mol. The first-order chi connectivity index (χ1) is 11.6. The highest BCUT2D eigenvalue weighted by atomic mass is 35.5. The fraction of sp³-hybridized carbons (Fsp3) is 0.118. The van der Waals surface area contributed by atoms with Gasteiger partial charge in [0, 0.05) is 22.5 Å². The molecule has 1 aliphatic heterocycles. The van der Waals surface area contributed by atoms with Crippen LogP contribution in [0.4, 0.5) is 5.69 Å². The fourth-order valence-electron chi connectivity index (χ4n) is 2.47. The van der Waals surface area contributed by atoms with Gasteiger partial charge < -0.3 is 19.2 Å². The van der Waals surface area contributed by atoms with Crippen molar-refractivity contribution in [3.8, 4) is 11.5 Å². The van der Waals surface area contributed by atoms with Crippen LogP contribution in [0, 0.1) is 0 Å². The zero-order valence-electron chi connectivity index (χ0n) is 12.3. The summed E-state index contributed by atoms with van der Waals surface area (Å²) in [6.45, 7) is 0.920. The zero-order chi connectivity index (χ0) is 16.7. The Morgan fingerprint density at radius 1 is 1.00 bits per heavy atom. The lowest BCUT2D eigenvalue weighted by atomic mass is 10.2. The lowest BCUT2D eigenvalue weighted by molar-refractivity contribution is 0.0998. The molecule has 0 unspecified atom stereocenters. The first-order valence-corrected chi connectivity index (χ1v) is 7.95. The molecule has 5 nitrogen and oxygen atoms in total. The van der Waals surface area contributed by atoms with E-state index in [1.807, 2.05) is 0 Å². The molecule has 122 valence electrons. The Hall–Kier alpha value is -2.37. The molecular weight excluding hydrogens is 353 g/mol. The van der Waals surface area contributed by atoms with E-state index in [2.05, 4.69) is 5.32 Å². The average molecular weight is 364 g/mol. The average Bonchev–Trinajstić information content (AvgIpc) is 2.98. The quantitative estimate of drug-likeness (QED) is 0.712. The maximum atomic E-state index is 12.4. The number of fused-ring (bicyclic) bond motifs is 2. The van der Waals surface area contributed by atoms with Gasteiger partial charge in [-0.3, -0.25) is 4.79 Å². The van der Waals surface area contributed by atoms with Crippen molar-refractivity contribution in [1.82, 2.24) is 0 Å². The summed E-state index contributed by atoms with van der Waals surface area (Å²) in [5.41, 5.74) is 1.00. The Morgan fingerprint density at radius 3 is 2.54 bits per heavy atom. The van der Waals surface area contributed by atoms with Crippen molar-refractivity contribution in [3.05, 3.63) is 52.2 Å². The minimum absolute atomic E-state index is 0.165. The van der Waals surface area contributed by atoms with Crippen LogP contribution >= 0.6 is 23.2 Å². The Labute approximate surface area is 147 Å². The zero-order valence-corrected chi connectivity index (χ0v) is 13.8. The van der Waals surface area contributed by atoms with E-state index < -0.39 is 5.91 Å². The monoisotopic (exact) mass is 363 g/mol. The molecule has 0 radical (unpaired) electrons. The molecule has 2 heterocycles. The molecule has 1 aliphatic rings. The van der Waals surface area contributed by atoms with Crippen LogP contribution in [-0.4, -0.2) is 19.1 Å². The van der Waals surface area contributed by atoms with Gasteiger partial charge in [-0.1, -0.05) is 23.2 Å². The van der Waals surface area contributed by atoms with Gasteiger partial charge in [-0.25, -0.2) is 0 Å². The number of nitrogens with one attached hydrogen (secondary N) is 1. The highest BCUT2D eigenvalue weighted by Gasteiger charge is 2.18. The molecule has 4 rings (SSSR count). The van der Waals surface area contributed by atoms with Crippen molar-refractivity contribution < 1.29 is 18.7 Å². The smallest absolute Gasteiger partial charge is 0.291 e. The van der Waals surface area contributed by atoms with Crippen LogP contribution in [-0.2, 0) is 0 Å². The summed E-state index contributed by atoms with van der Waals surface area (Å²) in [4.78, 5) is 12.4. The van der Waals surface area contributed by atoms with Gasteiger partial charge in [-0.15, -0.1) is 0 Å². The maximum Gasteiger partial charge on any atom is 0.291 e. The SMILES string of the molecule is O=C(Nc1cc2c(cc1Cl)OCCO2)c1cc2cc(Cl)ccc2o1. The standard InChI is InChI=1S/C17H11Cl2NO4/c18-10-1-2-13-9(5-10)6-16(24-13)17(21)20-12-8-15-14(7-11(12)19)22-3-4-23-15/h1-2,5-8H,3-4H2,(H,20,21). The van der Waals surface area contributed by atoms with Crippen molar-refractivity contribution in [3.63, 3.8) is 0 Å². The van der Waals surface area contributed by atoms with E-state index in [-0.39, 0.29) is 5.76 Å². The van der Waals surface area contributed by atoms with Crippen molar-refractivity contribution in [2.75, 3.05) is 18.5 Å². The Balaban J connectivity index is 1.63. The third-order valence-electron chi connectivity index (χ3n) is 3.58. The lowest BCUT2D eigenvalue weighted by Gasteiger charge is -2.19. The molecule has 0 saturated heterocycles. The van der Waals surface area contributed by atoms with Crippen molar-refractivity contribution in [2.24, 2.45) is 0 Å². The van der Waals surface area contributed by atoms with Gasteiger partial charge in [0.15, 0.2) is 17.3 Å². The molecule has 24 heavy (non-hydrogen) atoms. The highest BCUT2D eigenvalue weighted by Crippen LogP contribution is 2.38. The molecule has 0 saturated carbocycles. The summed E-state index contributed by atoms with van der Waals surface area (Å²) in [5, 5.41) is 4.40. The number of hydrogen-bond donors (Lipinski definition) is 1. The molecule has 3 aromatic rings. The number of rotatable bonds is 2. The molecule has 1 N–H and O–H groups in total. The molecule has 0 fully saturated rings. The van der Waals surface area contributed by atoms with Crippen LogP contribution in [0.1, 0.15) is 10.6 Å². The molecule has 0 aliphatic carbocycles. The number of carbonyl (C=O) groups is 1. The summed E-state index contributed by atoms with van der Waals surface area (Å²) in [7, 11) is 0. The summed E-state index contributed by atoms with van der Waals surface area (Å²) in [6, 6.07) is 10.0. The molecule has 1 amide bonds. The summed E-state index contributed by atoms with van der Waals surface area (Å²) >= 11 is 12.1. The van der Waals surface area contributed by atoms with Gasteiger partial charge in [0.25, 0.3) is 5.91 Å². The summed E-state index contributed by atoms with van der Waals surface area (Å²) < 4.78 is 16.5. The van der Waals surface area contributed by atoms with E-state index in [4.69, 9.17) is 37.1 Å². The van der Waals surface area contributed by atoms with Crippen LogP contribution in [0.15, 0.2) is 40.8 Å². The summed E-state index contributed by atoms with van der Waals surface area (Å²) in [6.07, 6.45) is 0. The van der Waals surface area contributed by atoms with Crippen molar-refractivity contribution in [1.29, 1.82) is 0 Å². The molecule has 7 heteroatoms. The Bertz CT molecular complexity index is 951. The van der Waals surface area contributed by atoms with E-state index in [1.165, 1.54) is 0 Å². The topological polar surface area (TPSA) is 60.7 Å². The summed E-state index contributed by atoms with van der Waals surface area (Å²) in [5.74, 6) is 0.846. The lowest BCUT2D eigenvalue weighted by Crippen LogP contribution is -2.16.